The molecule has 0 atom stereocenters. The Balaban J connectivity index is 2.10. The summed E-state index contributed by atoms with van der Waals surface area (Å²) in [5.74, 6) is 0.672. The van der Waals surface area contributed by atoms with Crippen LogP contribution in [0.15, 0.2) is 24.3 Å². The zero-order valence-electron chi connectivity index (χ0n) is 7.50. The van der Waals surface area contributed by atoms with Gasteiger partial charge in [-0.1, -0.05) is 23.7 Å². The normalized spacial score (nSPS) is 18.8. The van der Waals surface area contributed by atoms with Crippen LogP contribution in [0.1, 0.15) is 24.3 Å². The Morgan fingerprint density at radius 1 is 1.08 bits per heavy atom. The van der Waals surface area contributed by atoms with Gasteiger partial charge in [0.1, 0.15) is 0 Å². The van der Waals surface area contributed by atoms with Crippen molar-refractivity contribution in [3.8, 4) is 0 Å². The molecule has 70 valence electrons. The van der Waals surface area contributed by atoms with Crippen molar-refractivity contribution in [2.45, 2.75) is 18.8 Å². The van der Waals surface area contributed by atoms with E-state index in [1.54, 1.807) is 0 Å². The molecule has 2 rings (SSSR count). The first-order valence-corrected chi connectivity index (χ1v) is 5.07. The minimum absolute atomic E-state index is 0.672. The third-order valence-corrected chi connectivity index (χ3v) is 2.81. The van der Waals surface area contributed by atoms with Crippen molar-refractivity contribution in [3.63, 3.8) is 0 Å². The second-order valence-electron chi connectivity index (χ2n) is 3.44. The number of hydrogen-bond donors (Lipinski definition) is 0. The van der Waals surface area contributed by atoms with E-state index in [0.717, 1.165) is 31.1 Å². The Morgan fingerprint density at radius 3 is 2.31 bits per heavy atom. The first-order valence-electron chi connectivity index (χ1n) is 4.69. The molecule has 0 N–H and O–H groups in total. The largest absolute Gasteiger partial charge is 0.381 e. The van der Waals surface area contributed by atoms with Gasteiger partial charge in [-0.05, 0) is 36.5 Å². The van der Waals surface area contributed by atoms with Gasteiger partial charge in [-0.2, -0.15) is 0 Å². The third kappa shape index (κ3) is 2.23. The van der Waals surface area contributed by atoms with E-state index in [1.165, 1.54) is 5.56 Å². The number of benzene rings is 1. The molecule has 0 bridgehead atoms. The maximum Gasteiger partial charge on any atom is 0.0471 e. The second kappa shape index (κ2) is 4.12. The molecule has 0 amide bonds. The van der Waals surface area contributed by atoms with Crippen molar-refractivity contribution in [1.82, 2.24) is 0 Å². The van der Waals surface area contributed by atoms with Crippen LogP contribution < -0.4 is 0 Å². The van der Waals surface area contributed by atoms with Crippen LogP contribution in [0.25, 0.3) is 0 Å². The molecule has 1 aliphatic heterocycles. The molecule has 1 nitrogen and oxygen atoms in total. The van der Waals surface area contributed by atoms with Crippen LogP contribution in [-0.4, -0.2) is 13.2 Å². The molecule has 1 heterocycles. The summed E-state index contributed by atoms with van der Waals surface area (Å²) in [6.07, 6.45) is 2.28. The monoisotopic (exact) mass is 196 g/mol. The van der Waals surface area contributed by atoms with E-state index in [0.29, 0.717) is 5.92 Å². The molecule has 1 aromatic rings. The van der Waals surface area contributed by atoms with Gasteiger partial charge in [-0.15, -0.1) is 0 Å². The molecule has 0 radical (unpaired) electrons. The Labute approximate surface area is 83.7 Å². The minimum Gasteiger partial charge on any atom is -0.381 e. The van der Waals surface area contributed by atoms with Gasteiger partial charge >= 0.3 is 0 Å². The highest BCUT2D eigenvalue weighted by molar-refractivity contribution is 6.30. The molecule has 13 heavy (non-hydrogen) atoms. The fourth-order valence-corrected chi connectivity index (χ4v) is 1.89. The summed E-state index contributed by atoms with van der Waals surface area (Å²) in [4.78, 5) is 0. The quantitative estimate of drug-likeness (QED) is 0.670. The van der Waals surface area contributed by atoms with Crippen LogP contribution in [0, 0.1) is 0 Å². The first-order chi connectivity index (χ1) is 6.36. The fraction of sp³-hybridized carbons (Fsp3) is 0.455. The Kier molecular flexibility index (Phi) is 2.87. The highest BCUT2D eigenvalue weighted by Gasteiger charge is 2.15. The van der Waals surface area contributed by atoms with Crippen LogP contribution in [0.3, 0.4) is 0 Å². The van der Waals surface area contributed by atoms with Crippen molar-refractivity contribution in [3.05, 3.63) is 34.9 Å². The van der Waals surface area contributed by atoms with E-state index in [4.69, 9.17) is 16.3 Å². The van der Waals surface area contributed by atoms with Crippen molar-refractivity contribution in [1.29, 1.82) is 0 Å². The van der Waals surface area contributed by atoms with Crippen molar-refractivity contribution >= 4 is 11.6 Å². The van der Waals surface area contributed by atoms with Crippen LogP contribution in [0.4, 0.5) is 0 Å². The van der Waals surface area contributed by atoms with Gasteiger partial charge in [-0.25, -0.2) is 0 Å². The number of hydrogen-bond acceptors (Lipinski definition) is 1. The van der Waals surface area contributed by atoms with E-state index in [-0.39, 0.29) is 0 Å². The average molecular weight is 197 g/mol. The topological polar surface area (TPSA) is 9.23 Å². The molecule has 0 spiro atoms. The van der Waals surface area contributed by atoms with Gasteiger partial charge in [0.25, 0.3) is 0 Å². The van der Waals surface area contributed by atoms with E-state index < -0.39 is 0 Å². The molecule has 2 heteroatoms. The predicted molar refractivity (Wildman–Crippen MR) is 54.2 cm³/mol. The maximum absolute atomic E-state index is 5.83. The van der Waals surface area contributed by atoms with Crippen LogP contribution in [-0.2, 0) is 4.74 Å². The Hall–Kier alpha value is -0.530. The second-order valence-corrected chi connectivity index (χ2v) is 3.87. The van der Waals surface area contributed by atoms with Crippen LogP contribution >= 0.6 is 11.6 Å². The van der Waals surface area contributed by atoms with Crippen LogP contribution in [0.5, 0.6) is 0 Å². The minimum atomic E-state index is 0.672. The Morgan fingerprint density at radius 2 is 1.69 bits per heavy atom. The summed E-state index contributed by atoms with van der Waals surface area (Å²) >= 11 is 5.83. The lowest BCUT2D eigenvalue weighted by Crippen LogP contribution is -2.13. The summed E-state index contributed by atoms with van der Waals surface area (Å²) in [6.45, 7) is 1.79. The van der Waals surface area contributed by atoms with E-state index in [9.17, 15) is 0 Å². The molecule has 0 aliphatic carbocycles. The summed E-state index contributed by atoms with van der Waals surface area (Å²) in [6, 6.07) is 8.18. The molecular weight excluding hydrogens is 184 g/mol. The van der Waals surface area contributed by atoms with E-state index in [2.05, 4.69) is 12.1 Å². The van der Waals surface area contributed by atoms with Crippen molar-refractivity contribution in [2.24, 2.45) is 0 Å². The predicted octanol–water partition coefficient (Wildman–Crippen LogP) is 3.23. The highest BCUT2D eigenvalue weighted by Crippen LogP contribution is 2.27. The molecule has 1 aromatic carbocycles. The summed E-state index contributed by atoms with van der Waals surface area (Å²) < 4.78 is 5.32. The van der Waals surface area contributed by atoms with Gasteiger partial charge in [0.15, 0.2) is 0 Å². The molecule has 0 unspecified atom stereocenters. The number of ether oxygens (including phenoxy) is 1. The summed E-state index contributed by atoms with van der Waals surface area (Å²) in [5, 5.41) is 0.816. The highest BCUT2D eigenvalue weighted by atomic mass is 35.5. The Bertz CT molecular complexity index is 262. The lowest BCUT2D eigenvalue weighted by Gasteiger charge is -2.22. The first kappa shape index (κ1) is 9.04. The van der Waals surface area contributed by atoms with Gasteiger partial charge < -0.3 is 4.74 Å². The molecule has 1 aliphatic rings. The zero-order chi connectivity index (χ0) is 9.10. The maximum atomic E-state index is 5.83. The average Bonchev–Trinajstić information content (AvgIpc) is 2.20. The van der Waals surface area contributed by atoms with Gasteiger partial charge in [0, 0.05) is 18.2 Å². The zero-order valence-corrected chi connectivity index (χ0v) is 8.26. The smallest absolute Gasteiger partial charge is 0.0471 e. The van der Waals surface area contributed by atoms with E-state index >= 15 is 0 Å². The lowest BCUT2D eigenvalue weighted by molar-refractivity contribution is 0.0853. The third-order valence-electron chi connectivity index (χ3n) is 2.56. The lowest BCUT2D eigenvalue weighted by atomic mass is 9.92. The number of rotatable bonds is 1. The van der Waals surface area contributed by atoms with Crippen LogP contribution in [0.2, 0.25) is 5.02 Å². The number of halogens is 1. The van der Waals surface area contributed by atoms with Gasteiger partial charge in [-0.3, -0.25) is 0 Å². The van der Waals surface area contributed by atoms with Gasteiger partial charge in [0.2, 0.25) is 0 Å². The van der Waals surface area contributed by atoms with Crippen molar-refractivity contribution < 1.29 is 4.74 Å². The summed E-state index contributed by atoms with van der Waals surface area (Å²) in [5.41, 5.74) is 1.40. The SMILES string of the molecule is Clc1ccc(C2CCOCC2)cc1. The molecule has 0 saturated carbocycles. The molecule has 0 aromatic heterocycles. The molecule has 1 fully saturated rings. The van der Waals surface area contributed by atoms with Gasteiger partial charge in [0.05, 0.1) is 0 Å². The summed E-state index contributed by atoms with van der Waals surface area (Å²) in [7, 11) is 0. The fourth-order valence-electron chi connectivity index (χ4n) is 1.77. The van der Waals surface area contributed by atoms with Crippen molar-refractivity contribution in [2.75, 3.05) is 13.2 Å². The molecular formula is C11H13ClO. The standard InChI is InChI=1S/C11H13ClO/c12-11-3-1-9(2-4-11)10-5-7-13-8-6-10/h1-4,10H,5-8H2. The van der Waals surface area contributed by atoms with E-state index in [1.807, 2.05) is 12.1 Å². The molecule has 1 saturated heterocycles.